The molecule has 0 saturated heterocycles. The lowest BCUT2D eigenvalue weighted by Crippen LogP contribution is -2.25. The van der Waals surface area contributed by atoms with Crippen molar-refractivity contribution in [1.82, 2.24) is 20.2 Å². The molecule has 3 N–H and O–H groups in total. The van der Waals surface area contributed by atoms with Crippen LogP contribution in [-0.4, -0.2) is 26.5 Å². The lowest BCUT2D eigenvalue weighted by molar-refractivity contribution is -0.118. The molecule has 0 unspecified atom stereocenters. The lowest BCUT2D eigenvalue weighted by Gasteiger charge is -2.06. The van der Waals surface area contributed by atoms with E-state index in [0.717, 1.165) is 5.56 Å². The summed E-state index contributed by atoms with van der Waals surface area (Å²) in [4.78, 5) is 12.0. The van der Waals surface area contributed by atoms with Crippen LogP contribution in [0.15, 0.2) is 53.7 Å². The molecule has 8 heteroatoms. The van der Waals surface area contributed by atoms with Gasteiger partial charge in [0.2, 0.25) is 11.1 Å². The van der Waals surface area contributed by atoms with E-state index in [1.165, 1.54) is 34.1 Å². The number of nitrogen functional groups attached to an aromatic ring is 1. The predicted octanol–water partition coefficient (Wildman–Crippen LogP) is 2.51. The molecular formula is C18H18FN5OS. The zero-order chi connectivity index (χ0) is 18.5. The van der Waals surface area contributed by atoms with Gasteiger partial charge >= 0.3 is 0 Å². The number of nitrogens with one attached hydrogen (secondary N) is 1. The normalized spacial score (nSPS) is 10.7. The van der Waals surface area contributed by atoms with Crippen molar-refractivity contribution in [3.8, 4) is 11.4 Å². The Morgan fingerprint density at radius 1 is 1.23 bits per heavy atom. The molecule has 0 radical (unpaired) electrons. The Morgan fingerprint density at radius 3 is 2.73 bits per heavy atom. The SMILES string of the molecule is Cc1ccc(CNC(=O)CSc2nnc(-c3cccc(F)c3)n2N)cc1. The van der Waals surface area contributed by atoms with E-state index in [1.54, 1.807) is 12.1 Å². The summed E-state index contributed by atoms with van der Waals surface area (Å²) in [7, 11) is 0. The topological polar surface area (TPSA) is 85.8 Å². The van der Waals surface area contributed by atoms with E-state index in [2.05, 4.69) is 15.5 Å². The fourth-order valence-corrected chi connectivity index (χ4v) is 2.97. The van der Waals surface area contributed by atoms with Gasteiger partial charge in [0.15, 0.2) is 5.82 Å². The average molecular weight is 371 g/mol. The van der Waals surface area contributed by atoms with Crippen molar-refractivity contribution in [1.29, 1.82) is 0 Å². The highest BCUT2D eigenvalue weighted by atomic mass is 32.2. The highest BCUT2D eigenvalue weighted by Crippen LogP contribution is 2.21. The van der Waals surface area contributed by atoms with Gasteiger partial charge in [0, 0.05) is 12.1 Å². The third-order valence-electron chi connectivity index (χ3n) is 3.69. The fourth-order valence-electron chi connectivity index (χ4n) is 2.29. The molecule has 0 bridgehead atoms. The van der Waals surface area contributed by atoms with E-state index in [9.17, 15) is 9.18 Å². The summed E-state index contributed by atoms with van der Waals surface area (Å²) >= 11 is 1.17. The molecule has 0 saturated carbocycles. The molecule has 134 valence electrons. The van der Waals surface area contributed by atoms with Crippen molar-refractivity contribution in [2.24, 2.45) is 0 Å². The van der Waals surface area contributed by atoms with E-state index < -0.39 is 0 Å². The van der Waals surface area contributed by atoms with Crippen LogP contribution >= 0.6 is 11.8 Å². The van der Waals surface area contributed by atoms with Gasteiger partial charge in [0.1, 0.15) is 5.82 Å². The number of benzene rings is 2. The Kier molecular flexibility index (Phi) is 5.52. The van der Waals surface area contributed by atoms with Gasteiger partial charge in [-0.2, -0.15) is 0 Å². The standard InChI is InChI=1S/C18H18FN5OS/c1-12-5-7-13(8-6-12)10-21-16(25)11-26-18-23-22-17(24(18)20)14-3-2-4-15(19)9-14/h2-9H,10-11,20H2,1H3,(H,21,25). The van der Waals surface area contributed by atoms with E-state index in [4.69, 9.17) is 5.84 Å². The molecule has 6 nitrogen and oxygen atoms in total. The van der Waals surface area contributed by atoms with Gasteiger partial charge in [0.25, 0.3) is 0 Å². The number of hydrogen-bond acceptors (Lipinski definition) is 5. The Bertz CT molecular complexity index is 910. The number of carbonyl (C=O) groups excluding carboxylic acids is 1. The maximum Gasteiger partial charge on any atom is 0.230 e. The Hall–Kier alpha value is -2.87. The van der Waals surface area contributed by atoms with E-state index >= 15 is 0 Å². The van der Waals surface area contributed by atoms with Crippen molar-refractivity contribution < 1.29 is 9.18 Å². The molecule has 1 heterocycles. The lowest BCUT2D eigenvalue weighted by atomic mass is 10.1. The number of halogens is 1. The first-order chi connectivity index (χ1) is 12.5. The van der Waals surface area contributed by atoms with Crippen molar-refractivity contribution in [2.45, 2.75) is 18.6 Å². The van der Waals surface area contributed by atoms with Crippen molar-refractivity contribution in [3.05, 3.63) is 65.5 Å². The second-order valence-electron chi connectivity index (χ2n) is 5.74. The van der Waals surface area contributed by atoms with Crippen molar-refractivity contribution in [2.75, 3.05) is 11.6 Å². The van der Waals surface area contributed by atoms with Gasteiger partial charge in [-0.25, -0.2) is 9.07 Å². The zero-order valence-corrected chi connectivity index (χ0v) is 15.0. The summed E-state index contributed by atoms with van der Waals surface area (Å²) in [6.45, 7) is 2.48. The molecule has 0 aliphatic rings. The molecule has 1 amide bonds. The second kappa shape index (κ2) is 8.01. The number of carbonyl (C=O) groups is 1. The van der Waals surface area contributed by atoms with Crippen LogP contribution in [-0.2, 0) is 11.3 Å². The first-order valence-electron chi connectivity index (χ1n) is 7.94. The quantitative estimate of drug-likeness (QED) is 0.514. The number of hydrogen-bond donors (Lipinski definition) is 2. The average Bonchev–Trinajstić information content (AvgIpc) is 3.00. The predicted molar refractivity (Wildman–Crippen MR) is 99.3 cm³/mol. The minimum atomic E-state index is -0.379. The smallest absolute Gasteiger partial charge is 0.230 e. The summed E-state index contributed by atoms with van der Waals surface area (Å²) in [6, 6.07) is 13.9. The van der Waals surface area contributed by atoms with Crippen LogP contribution < -0.4 is 11.2 Å². The van der Waals surface area contributed by atoms with E-state index in [-0.39, 0.29) is 17.5 Å². The van der Waals surface area contributed by atoms with Crippen LogP contribution in [0.4, 0.5) is 4.39 Å². The second-order valence-corrected chi connectivity index (χ2v) is 6.68. The number of aryl methyl sites for hydroxylation is 1. The van der Waals surface area contributed by atoms with Gasteiger partial charge in [-0.05, 0) is 24.6 Å². The van der Waals surface area contributed by atoms with Crippen LogP contribution in [0.5, 0.6) is 0 Å². The third kappa shape index (κ3) is 4.40. The molecule has 1 aromatic heterocycles. The van der Waals surface area contributed by atoms with Crippen LogP contribution in [0, 0.1) is 12.7 Å². The number of rotatable bonds is 6. The van der Waals surface area contributed by atoms with Gasteiger partial charge < -0.3 is 11.2 Å². The van der Waals surface area contributed by atoms with Crippen molar-refractivity contribution >= 4 is 17.7 Å². The van der Waals surface area contributed by atoms with Gasteiger partial charge in [0.05, 0.1) is 5.75 Å². The Balaban J connectivity index is 1.56. The summed E-state index contributed by atoms with van der Waals surface area (Å²) < 4.78 is 14.6. The molecular weight excluding hydrogens is 353 g/mol. The summed E-state index contributed by atoms with van der Waals surface area (Å²) in [5.41, 5.74) is 2.73. The summed E-state index contributed by atoms with van der Waals surface area (Å²) in [5.74, 6) is 5.95. The monoisotopic (exact) mass is 371 g/mol. The molecule has 0 aliphatic heterocycles. The molecule has 0 aliphatic carbocycles. The first-order valence-corrected chi connectivity index (χ1v) is 8.93. The van der Waals surface area contributed by atoms with Gasteiger partial charge in [-0.3, -0.25) is 4.79 Å². The van der Waals surface area contributed by atoms with Gasteiger partial charge in [-0.1, -0.05) is 53.7 Å². The number of amides is 1. The summed E-state index contributed by atoms with van der Waals surface area (Å²) in [6.07, 6.45) is 0. The largest absolute Gasteiger partial charge is 0.351 e. The van der Waals surface area contributed by atoms with Crippen molar-refractivity contribution in [3.63, 3.8) is 0 Å². The minimum Gasteiger partial charge on any atom is -0.351 e. The number of nitrogens with two attached hydrogens (primary N) is 1. The van der Waals surface area contributed by atoms with Crippen LogP contribution in [0.1, 0.15) is 11.1 Å². The molecule has 26 heavy (non-hydrogen) atoms. The molecule has 0 fully saturated rings. The summed E-state index contributed by atoms with van der Waals surface area (Å²) in [5, 5.41) is 11.2. The highest BCUT2D eigenvalue weighted by Gasteiger charge is 2.14. The molecule has 2 aromatic carbocycles. The highest BCUT2D eigenvalue weighted by molar-refractivity contribution is 7.99. The number of nitrogens with zero attached hydrogens (tertiary/aromatic N) is 3. The molecule has 0 spiro atoms. The number of aromatic nitrogens is 3. The van der Waals surface area contributed by atoms with Crippen LogP contribution in [0.2, 0.25) is 0 Å². The molecule has 3 rings (SSSR count). The first kappa shape index (κ1) is 17.9. The molecule has 3 aromatic rings. The Labute approximate surface area is 154 Å². The van der Waals surface area contributed by atoms with Crippen LogP contribution in [0.25, 0.3) is 11.4 Å². The van der Waals surface area contributed by atoms with Crippen LogP contribution in [0.3, 0.4) is 0 Å². The fraction of sp³-hybridized carbons (Fsp3) is 0.167. The molecule has 0 atom stereocenters. The third-order valence-corrected chi connectivity index (χ3v) is 4.63. The zero-order valence-electron chi connectivity index (χ0n) is 14.1. The maximum atomic E-state index is 13.3. The maximum absolute atomic E-state index is 13.3. The number of thioether (sulfide) groups is 1. The van der Waals surface area contributed by atoms with Gasteiger partial charge in [-0.15, -0.1) is 10.2 Å². The van der Waals surface area contributed by atoms with E-state index in [0.29, 0.717) is 23.1 Å². The Morgan fingerprint density at radius 2 is 2.00 bits per heavy atom. The van der Waals surface area contributed by atoms with E-state index in [1.807, 2.05) is 31.2 Å². The minimum absolute atomic E-state index is 0.133.